The Morgan fingerprint density at radius 1 is 1.38 bits per heavy atom. The number of rotatable bonds is 9. The van der Waals surface area contributed by atoms with Crippen molar-refractivity contribution >= 4 is 5.96 Å². The molecular formula is C18H33N5O. The van der Waals surface area contributed by atoms with E-state index in [1.54, 1.807) is 0 Å². The van der Waals surface area contributed by atoms with Crippen molar-refractivity contribution in [2.24, 2.45) is 10.4 Å². The van der Waals surface area contributed by atoms with Crippen LogP contribution in [0.1, 0.15) is 46.5 Å². The second-order valence-corrected chi connectivity index (χ2v) is 6.47. The molecule has 2 N–H and O–H groups in total. The van der Waals surface area contributed by atoms with Gasteiger partial charge in [0.05, 0.1) is 12.4 Å². The number of hydrogen-bond acceptors (Lipinski definition) is 3. The standard InChI is InChI=1S/C18H33N5O/c1-5-18(6-2)15(13-16(18)24-7-3)22-17(19-4)21-9-8-11-23-12-10-20-14-23/h10,12,14-16H,5-9,11,13H2,1-4H3,(H2,19,21,22). The molecule has 6 nitrogen and oxygen atoms in total. The minimum Gasteiger partial charge on any atom is -0.378 e. The van der Waals surface area contributed by atoms with Crippen LogP contribution in [0, 0.1) is 5.41 Å². The zero-order chi connectivity index (χ0) is 17.4. The first-order valence-corrected chi connectivity index (χ1v) is 9.24. The van der Waals surface area contributed by atoms with Crippen LogP contribution in [0.25, 0.3) is 0 Å². The van der Waals surface area contributed by atoms with Gasteiger partial charge in [-0.15, -0.1) is 0 Å². The molecule has 0 aliphatic heterocycles. The van der Waals surface area contributed by atoms with Gasteiger partial charge in [-0.1, -0.05) is 13.8 Å². The van der Waals surface area contributed by atoms with E-state index in [1.165, 1.54) is 0 Å². The highest BCUT2D eigenvalue weighted by Crippen LogP contribution is 2.48. The van der Waals surface area contributed by atoms with Crippen molar-refractivity contribution in [3.05, 3.63) is 18.7 Å². The number of imidazole rings is 1. The minimum atomic E-state index is 0.227. The molecule has 1 aromatic heterocycles. The molecule has 1 heterocycles. The third kappa shape index (κ3) is 4.09. The van der Waals surface area contributed by atoms with Gasteiger partial charge in [-0.3, -0.25) is 4.99 Å². The summed E-state index contributed by atoms with van der Waals surface area (Å²) in [5.41, 5.74) is 0.227. The lowest BCUT2D eigenvalue weighted by molar-refractivity contribution is -0.133. The maximum Gasteiger partial charge on any atom is 0.191 e. The van der Waals surface area contributed by atoms with Crippen LogP contribution in [0.5, 0.6) is 0 Å². The van der Waals surface area contributed by atoms with Crippen molar-refractivity contribution in [1.29, 1.82) is 0 Å². The van der Waals surface area contributed by atoms with Gasteiger partial charge in [0, 0.05) is 50.6 Å². The molecule has 136 valence electrons. The van der Waals surface area contributed by atoms with E-state index in [0.717, 1.165) is 51.3 Å². The Morgan fingerprint density at radius 3 is 2.75 bits per heavy atom. The van der Waals surface area contributed by atoms with Crippen LogP contribution in [0.15, 0.2) is 23.7 Å². The Morgan fingerprint density at radius 2 is 2.17 bits per heavy atom. The summed E-state index contributed by atoms with van der Waals surface area (Å²) in [5.74, 6) is 0.895. The topological polar surface area (TPSA) is 63.5 Å². The van der Waals surface area contributed by atoms with Crippen molar-refractivity contribution in [2.45, 2.75) is 65.1 Å². The number of aryl methyl sites for hydroxylation is 1. The van der Waals surface area contributed by atoms with Gasteiger partial charge >= 0.3 is 0 Å². The van der Waals surface area contributed by atoms with Crippen LogP contribution in [0.3, 0.4) is 0 Å². The van der Waals surface area contributed by atoms with Crippen molar-refractivity contribution in [1.82, 2.24) is 20.2 Å². The van der Waals surface area contributed by atoms with Gasteiger partial charge in [0.2, 0.25) is 0 Å². The van der Waals surface area contributed by atoms with Crippen LogP contribution in [-0.4, -0.2) is 47.9 Å². The fourth-order valence-corrected chi connectivity index (χ4v) is 3.83. The van der Waals surface area contributed by atoms with E-state index in [1.807, 2.05) is 25.8 Å². The van der Waals surface area contributed by atoms with E-state index in [2.05, 4.69) is 45.9 Å². The monoisotopic (exact) mass is 335 g/mol. The van der Waals surface area contributed by atoms with Gasteiger partial charge in [0.15, 0.2) is 5.96 Å². The smallest absolute Gasteiger partial charge is 0.191 e. The van der Waals surface area contributed by atoms with Gasteiger partial charge in [0.1, 0.15) is 0 Å². The first-order valence-electron chi connectivity index (χ1n) is 9.24. The number of nitrogens with zero attached hydrogens (tertiary/aromatic N) is 3. The van der Waals surface area contributed by atoms with Crippen LogP contribution in [0.4, 0.5) is 0 Å². The average molecular weight is 335 g/mol. The second kappa shape index (κ2) is 9.06. The lowest BCUT2D eigenvalue weighted by Gasteiger charge is -2.55. The molecule has 0 radical (unpaired) electrons. The van der Waals surface area contributed by atoms with Crippen LogP contribution in [-0.2, 0) is 11.3 Å². The van der Waals surface area contributed by atoms with Crippen LogP contribution in [0.2, 0.25) is 0 Å². The highest BCUT2D eigenvalue weighted by molar-refractivity contribution is 5.80. The molecule has 0 spiro atoms. The van der Waals surface area contributed by atoms with Gasteiger partial charge in [-0.25, -0.2) is 4.98 Å². The zero-order valence-corrected chi connectivity index (χ0v) is 15.6. The Balaban J connectivity index is 1.79. The summed E-state index contributed by atoms with van der Waals surface area (Å²) >= 11 is 0. The summed E-state index contributed by atoms with van der Waals surface area (Å²) in [6.45, 7) is 9.27. The fourth-order valence-electron chi connectivity index (χ4n) is 3.83. The van der Waals surface area contributed by atoms with E-state index in [4.69, 9.17) is 4.74 Å². The zero-order valence-electron chi connectivity index (χ0n) is 15.6. The van der Waals surface area contributed by atoms with Crippen LogP contribution < -0.4 is 10.6 Å². The summed E-state index contributed by atoms with van der Waals surface area (Å²) in [6, 6.07) is 0.434. The predicted octanol–water partition coefficient (Wildman–Crippen LogP) is 2.42. The first-order chi connectivity index (χ1) is 11.7. The lowest BCUT2D eigenvalue weighted by Crippen LogP contribution is -2.65. The Bertz CT molecular complexity index is 496. The number of guanidine groups is 1. The maximum absolute atomic E-state index is 5.95. The molecule has 2 unspecified atom stereocenters. The molecule has 6 heteroatoms. The molecule has 0 amide bonds. The number of hydrogen-bond donors (Lipinski definition) is 2. The quantitative estimate of drug-likeness (QED) is 0.413. The number of nitrogens with one attached hydrogen (secondary N) is 2. The van der Waals surface area contributed by atoms with E-state index in [9.17, 15) is 0 Å². The number of aliphatic imine (C=N–C) groups is 1. The third-order valence-corrected chi connectivity index (χ3v) is 5.45. The first kappa shape index (κ1) is 18.8. The average Bonchev–Trinajstić information content (AvgIpc) is 3.10. The van der Waals surface area contributed by atoms with E-state index in [-0.39, 0.29) is 5.41 Å². The molecule has 0 aromatic carbocycles. The minimum absolute atomic E-state index is 0.227. The van der Waals surface area contributed by atoms with E-state index in [0.29, 0.717) is 12.1 Å². The number of aromatic nitrogens is 2. The molecule has 1 aliphatic carbocycles. The van der Waals surface area contributed by atoms with Gasteiger partial charge in [-0.2, -0.15) is 0 Å². The van der Waals surface area contributed by atoms with Gasteiger partial charge in [-0.05, 0) is 32.6 Å². The molecule has 1 aromatic rings. The third-order valence-electron chi connectivity index (χ3n) is 5.45. The molecule has 1 saturated carbocycles. The molecule has 2 atom stereocenters. The molecule has 2 rings (SSSR count). The normalized spacial score (nSPS) is 22.9. The van der Waals surface area contributed by atoms with Crippen molar-refractivity contribution in [3.63, 3.8) is 0 Å². The largest absolute Gasteiger partial charge is 0.378 e. The summed E-state index contributed by atoms with van der Waals surface area (Å²) < 4.78 is 8.04. The molecule has 0 bridgehead atoms. The summed E-state index contributed by atoms with van der Waals surface area (Å²) in [5, 5.41) is 7.05. The predicted molar refractivity (Wildman–Crippen MR) is 98.2 cm³/mol. The van der Waals surface area contributed by atoms with E-state index < -0.39 is 0 Å². The summed E-state index contributed by atoms with van der Waals surface area (Å²) in [4.78, 5) is 8.45. The Labute approximate surface area is 146 Å². The molecule has 1 aliphatic rings. The summed E-state index contributed by atoms with van der Waals surface area (Å²) in [6.07, 6.45) is 10.4. The molecular weight excluding hydrogens is 302 g/mol. The highest BCUT2D eigenvalue weighted by atomic mass is 16.5. The molecule has 24 heavy (non-hydrogen) atoms. The second-order valence-electron chi connectivity index (χ2n) is 6.47. The van der Waals surface area contributed by atoms with Gasteiger partial charge < -0.3 is 19.9 Å². The molecule has 0 saturated heterocycles. The van der Waals surface area contributed by atoms with Crippen LogP contribution >= 0.6 is 0 Å². The lowest BCUT2D eigenvalue weighted by atomic mass is 9.58. The van der Waals surface area contributed by atoms with Crippen molar-refractivity contribution in [2.75, 3.05) is 20.2 Å². The van der Waals surface area contributed by atoms with E-state index >= 15 is 0 Å². The maximum atomic E-state index is 5.95. The van der Waals surface area contributed by atoms with Crippen molar-refractivity contribution < 1.29 is 4.74 Å². The Hall–Kier alpha value is -1.56. The fraction of sp³-hybridized carbons (Fsp3) is 0.778. The Kier molecular flexibility index (Phi) is 7.09. The molecule has 1 fully saturated rings. The van der Waals surface area contributed by atoms with Gasteiger partial charge in [0.25, 0.3) is 0 Å². The number of ether oxygens (including phenoxy) is 1. The highest BCUT2D eigenvalue weighted by Gasteiger charge is 2.53. The SMILES string of the molecule is CCOC1CC(NC(=NC)NCCCn2ccnc2)C1(CC)CC. The van der Waals surface area contributed by atoms with Crippen molar-refractivity contribution in [3.8, 4) is 0 Å². The summed E-state index contributed by atoms with van der Waals surface area (Å²) in [7, 11) is 1.84.